The zero-order valence-electron chi connectivity index (χ0n) is 16.8. The highest BCUT2D eigenvalue weighted by atomic mass is 35.5. The molecule has 30 heavy (non-hydrogen) atoms. The summed E-state index contributed by atoms with van der Waals surface area (Å²) in [4.78, 5) is 21.3. The normalized spacial score (nSPS) is 16.2. The third-order valence-corrected chi connectivity index (χ3v) is 6.29. The minimum absolute atomic E-state index is 0.175. The van der Waals surface area contributed by atoms with Crippen LogP contribution in [0, 0.1) is 6.92 Å². The number of carbonyl (C=O) groups is 1. The van der Waals surface area contributed by atoms with Crippen molar-refractivity contribution in [2.75, 3.05) is 0 Å². The van der Waals surface area contributed by atoms with Gasteiger partial charge >= 0.3 is 0 Å². The molecule has 1 fully saturated rings. The summed E-state index contributed by atoms with van der Waals surface area (Å²) in [6.07, 6.45) is 8.18. The number of nitrogens with one attached hydrogen (secondary N) is 1. The summed E-state index contributed by atoms with van der Waals surface area (Å²) in [5, 5.41) is 14.8. The fraction of sp³-hybridized carbons (Fsp3) is 0.292. The van der Waals surface area contributed by atoms with Gasteiger partial charge in [-0.1, -0.05) is 42.6 Å². The fourth-order valence-electron chi connectivity index (χ4n) is 4.14. The van der Waals surface area contributed by atoms with Crippen molar-refractivity contribution in [2.45, 2.75) is 44.2 Å². The average molecular weight is 422 g/mol. The van der Waals surface area contributed by atoms with Gasteiger partial charge in [-0.15, -0.1) is 0 Å². The lowest BCUT2D eigenvalue weighted by molar-refractivity contribution is 0.00718. The van der Waals surface area contributed by atoms with E-state index in [1.165, 1.54) is 0 Å². The molecule has 2 heterocycles. The summed E-state index contributed by atoms with van der Waals surface area (Å²) in [6, 6.07) is 13.0. The predicted molar refractivity (Wildman–Crippen MR) is 117 cm³/mol. The molecule has 3 aromatic rings. The van der Waals surface area contributed by atoms with Crippen LogP contribution in [0.15, 0.2) is 61.1 Å². The molecule has 1 saturated carbocycles. The third kappa shape index (κ3) is 4.09. The fourth-order valence-corrected chi connectivity index (χ4v) is 4.34. The molecule has 0 spiro atoms. The topological polar surface area (TPSA) is 75.1 Å². The highest BCUT2D eigenvalue weighted by Gasteiger charge is 2.41. The van der Waals surface area contributed by atoms with Gasteiger partial charge in [0.05, 0.1) is 16.7 Å². The number of aromatic nitrogens is 2. The number of benzene rings is 1. The largest absolute Gasteiger partial charge is 0.387 e. The van der Waals surface area contributed by atoms with Crippen LogP contribution in [0.3, 0.4) is 0 Å². The van der Waals surface area contributed by atoms with Crippen LogP contribution >= 0.6 is 11.6 Å². The predicted octanol–water partition coefficient (Wildman–Crippen LogP) is 4.88. The van der Waals surface area contributed by atoms with Crippen LogP contribution in [-0.4, -0.2) is 26.6 Å². The number of amides is 1. The van der Waals surface area contributed by atoms with E-state index < -0.39 is 11.6 Å². The first-order valence-electron chi connectivity index (χ1n) is 10.1. The second-order valence-corrected chi connectivity index (χ2v) is 8.25. The Balaban J connectivity index is 1.71. The van der Waals surface area contributed by atoms with Gasteiger partial charge in [0.25, 0.3) is 5.91 Å². The van der Waals surface area contributed by atoms with Crippen LogP contribution in [0.4, 0.5) is 0 Å². The van der Waals surface area contributed by atoms with Gasteiger partial charge in [-0.25, -0.2) is 4.98 Å². The number of pyridine rings is 2. The lowest BCUT2D eigenvalue weighted by Crippen LogP contribution is -2.44. The molecule has 0 radical (unpaired) electrons. The molecule has 1 aliphatic rings. The van der Waals surface area contributed by atoms with E-state index in [9.17, 15) is 9.90 Å². The molecule has 0 saturated heterocycles. The second-order valence-electron chi connectivity index (χ2n) is 7.87. The number of halogens is 1. The smallest absolute Gasteiger partial charge is 0.272 e. The first-order valence-corrected chi connectivity index (χ1v) is 10.5. The second kappa shape index (κ2) is 8.54. The summed E-state index contributed by atoms with van der Waals surface area (Å²) in [7, 11) is 0. The Morgan fingerprint density at radius 2 is 1.83 bits per heavy atom. The van der Waals surface area contributed by atoms with Crippen LogP contribution in [-0.2, 0) is 0 Å². The Hall–Kier alpha value is -2.76. The van der Waals surface area contributed by atoms with Crippen LogP contribution in [0.1, 0.15) is 53.3 Å². The molecule has 1 unspecified atom stereocenters. The molecule has 2 aromatic heterocycles. The lowest BCUT2D eigenvalue weighted by Gasteiger charge is -2.34. The van der Waals surface area contributed by atoms with Gasteiger partial charge in [-0.05, 0) is 66.3 Å². The Bertz CT molecular complexity index is 1050. The summed E-state index contributed by atoms with van der Waals surface area (Å²) in [5.74, 6) is -0.386. The van der Waals surface area contributed by atoms with Gasteiger partial charge in [0.1, 0.15) is 5.69 Å². The van der Waals surface area contributed by atoms with Crippen molar-refractivity contribution >= 4 is 17.5 Å². The van der Waals surface area contributed by atoms with Gasteiger partial charge < -0.3 is 10.4 Å². The first-order chi connectivity index (χ1) is 14.5. The van der Waals surface area contributed by atoms with Crippen molar-refractivity contribution in [1.82, 2.24) is 15.3 Å². The summed E-state index contributed by atoms with van der Waals surface area (Å²) in [5.41, 5.74) is 2.83. The maximum absolute atomic E-state index is 13.1. The highest BCUT2D eigenvalue weighted by Crippen LogP contribution is 2.41. The van der Waals surface area contributed by atoms with E-state index in [4.69, 9.17) is 11.6 Å². The Morgan fingerprint density at radius 1 is 1.10 bits per heavy atom. The molecule has 0 aliphatic heterocycles. The zero-order chi connectivity index (χ0) is 21.1. The molecule has 6 heteroatoms. The third-order valence-electron chi connectivity index (χ3n) is 5.81. The molecular weight excluding hydrogens is 398 g/mol. The molecule has 154 valence electrons. The molecule has 1 aliphatic carbocycles. The van der Waals surface area contributed by atoms with Gasteiger partial charge in [-0.3, -0.25) is 9.78 Å². The molecule has 4 rings (SSSR count). The van der Waals surface area contributed by atoms with Crippen molar-refractivity contribution in [1.29, 1.82) is 0 Å². The monoisotopic (exact) mass is 421 g/mol. The van der Waals surface area contributed by atoms with Gasteiger partial charge in [0, 0.05) is 18.6 Å². The first kappa shape index (κ1) is 20.5. The lowest BCUT2D eigenvalue weighted by atomic mass is 9.85. The summed E-state index contributed by atoms with van der Waals surface area (Å²) in [6.45, 7) is 1.83. The van der Waals surface area contributed by atoms with Crippen molar-refractivity contribution in [3.8, 4) is 11.1 Å². The Morgan fingerprint density at radius 3 is 2.57 bits per heavy atom. The standard InChI is InChI=1S/C24H24ClN3O2/c1-16-7-14-27-21(20(16)25)23(29)28-22(24(30)10-2-3-11-24)19-6-4-5-18(15-19)17-8-12-26-13-9-17/h4-9,12-15,22,30H,2-3,10-11H2,1H3,(H,28,29). The number of hydrogen-bond acceptors (Lipinski definition) is 4. The number of carbonyl (C=O) groups excluding carboxylic acids is 1. The number of nitrogens with zero attached hydrogens (tertiary/aromatic N) is 2. The average Bonchev–Trinajstić information content (AvgIpc) is 3.22. The van der Waals surface area contributed by atoms with E-state index >= 15 is 0 Å². The molecular formula is C24H24ClN3O2. The van der Waals surface area contributed by atoms with Crippen LogP contribution in [0.5, 0.6) is 0 Å². The van der Waals surface area contributed by atoms with Crippen molar-refractivity contribution in [3.05, 3.63) is 82.9 Å². The van der Waals surface area contributed by atoms with E-state index in [1.54, 1.807) is 24.7 Å². The van der Waals surface area contributed by atoms with Gasteiger partial charge in [0.2, 0.25) is 0 Å². The van der Waals surface area contributed by atoms with E-state index in [1.807, 2.05) is 43.3 Å². The van der Waals surface area contributed by atoms with Crippen LogP contribution < -0.4 is 5.32 Å². The zero-order valence-corrected chi connectivity index (χ0v) is 17.6. The van der Waals surface area contributed by atoms with Crippen molar-refractivity contribution < 1.29 is 9.90 Å². The van der Waals surface area contributed by atoms with Crippen molar-refractivity contribution in [2.24, 2.45) is 0 Å². The van der Waals surface area contributed by atoms with Crippen molar-refractivity contribution in [3.63, 3.8) is 0 Å². The number of rotatable bonds is 5. The molecule has 1 amide bonds. The molecule has 0 bridgehead atoms. The summed E-state index contributed by atoms with van der Waals surface area (Å²) < 4.78 is 0. The number of hydrogen-bond donors (Lipinski definition) is 2. The molecule has 1 atom stereocenters. The molecule has 1 aromatic carbocycles. The van der Waals surface area contributed by atoms with E-state index in [2.05, 4.69) is 15.3 Å². The minimum atomic E-state index is -1.01. The summed E-state index contributed by atoms with van der Waals surface area (Å²) >= 11 is 6.33. The maximum atomic E-state index is 13.1. The number of aryl methyl sites for hydroxylation is 1. The van der Waals surface area contributed by atoms with Gasteiger partial charge in [0.15, 0.2) is 0 Å². The SMILES string of the molecule is Cc1ccnc(C(=O)NC(c2cccc(-c3ccncc3)c2)C2(O)CCCC2)c1Cl. The molecule has 2 N–H and O–H groups in total. The van der Waals surface area contributed by atoms with E-state index in [0.29, 0.717) is 17.9 Å². The van der Waals surface area contributed by atoms with E-state index in [0.717, 1.165) is 35.1 Å². The Labute approximate surface area is 181 Å². The van der Waals surface area contributed by atoms with Crippen LogP contribution in [0.2, 0.25) is 5.02 Å². The Kier molecular flexibility index (Phi) is 5.84. The van der Waals surface area contributed by atoms with Gasteiger partial charge in [-0.2, -0.15) is 0 Å². The highest BCUT2D eigenvalue weighted by molar-refractivity contribution is 6.34. The number of aliphatic hydroxyl groups is 1. The quantitative estimate of drug-likeness (QED) is 0.615. The van der Waals surface area contributed by atoms with Crippen LogP contribution in [0.25, 0.3) is 11.1 Å². The minimum Gasteiger partial charge on any atom is -0.387 e. The maximum Gasteiger partial charge on any atom is 0.272 e. The van der Waals surface area contributed by atoms with E-state index in [-0.39, 0.29) is 11.6 Å². The molecule has 5 nitrogen and oxygen atoms in total.